The van der Waals surface area contributed by atoms with Crippen molar-refractivity contribution in [1.29, 1.82) is 0 Å². The minimum Gasteiger partial charge on any atom is -0.493 e. The number of fused-ring (bicyclic) bond motifs is 2. The molecule has 5 aromatic rings. The van der Waals surface area contributed by atoms with E-state index in [4.69, 9.17) is 39.2 Å². The van der Waals surface area contributed by atoms with E-state index in [1.165, 1.54) is 17.2 Å². The molecular formula is C30H35N6O11P. The topological polar surface area (TPSA) is 236 Å². The molecule has 1 saturated heterocycles. The lowest BCUT2D eigenvalue weighted by molar-refractivity contribution is -0.0504. The Morgan fingerprint density at radius 2 is 1.56 bits per heavy atom. The maximum Gasteiger partial charge on any atom is 0.469 e. The predicted molar refractivity (Wildman–Crippen MR) is 171 cm³/mol. The Morgan fingerprint density at radius 1 is 0.875 bits per heavy atom. The number of nitrogens with zero attached hydrogens (tertiary/aromatic N) is 5. The summed E-state index contributed by atoms with van der Waals surface area (Å²) >= 11 is 0. The van der Waals surface area contributed by atoms with Crippen LogP contribution in [0.2, 0.25) is 0 Å². The Labute approximate surface area is 274 Å². The quantitative estimate of drug-likeness (QED) is 0.132. The first-order valence-electron chi connectivity index (χ1n) is 14.3. The molecule has 6 N–H and O–H groups in total. The van der Waals surface area contributed by atoms with E-state index in [0.29, 0.717) is 34.9 Å². The monoisotopic (exact) mass is 686 g/mol. The van der Waals surface area contributed by atoms with Crippen LogP contribution in [0.1, 0.15) is 17.5 Å². The normalized spacial score (nSPS) is 19.2. The number of ether oxygens (including phenoxy) is 5. The number of hydrogen-bond acceptors (Lipinski definition) is 14. The number of benzene rings is 2. The van der Waals surface area contributed by atoms with Gasteiger partial charge in [0.1, 0.15) is 30.2 Å². The summed E-state index contributed by atoms with van der Waals surface area (Å²) in [6.45, 7) is -0.594. The van der Waals surface area contributed by atoms with Gasteiger partial charge in [-0.05, 0) is 41.3 Å². The molecule has 256 valence electrons. The Hall–Kier alpha value is -4.61. The maximum absolute atomic E-state index is 10.7. The van der Waals surface area contributed by atoms with Gasteiger partial charge >= 0.3 is 7.82 Å². The molecule has 1 unspecified atom stereocenters. The molecule has 0 aliphatic carbocycles. The van der Waals surface area contributed by atoms with E-state index in [-0.39, 0.29) is 11.5 Å². The molecular weight excluding hydrogens is 651 g/mol. The van der Waals surface area contributed by atoms with Crippen molar-refractivity contribution in [1.82, 2.24) is 24.5 Å². The van der Waals surface area contributed by atoms with Gasteiger partial charge in [-0.15, -0.1) is 0 Å². The van der Waals surface area contributed by atoms with Gasteiger partial charge < -0.3 is 49.4 Å². The second-order valence-corrected chi connectivity index (χ2v) is 11.7. The van der Waals surface area contributed by atoms with Crippen molar-refractivity contribution in [2.75, 3.05) is 40.8 Å². The summed E-state index contributed by atoms with van der Waals surface area (Å²) in [5.41, 5.74) is 8.30. The lowest BCUT2D eigenvalue weighted by atomic mass is 10.0. The molecule has 0 radical (unpaired) electrons. The van der Waals surface area contributed by atoms with Gasteiger partial charge in [-0.2, -0.15) is 0 Å². The van der Waals surface area contributed by atoms with Crippen LogP contribution in [0, 0.1) is 0 Å². The number of anilines is 1. The van der Waals surface area contributed by atoms with E-state index in [1.807, 2.05) is 42.6 Å². The largest absolute Gasteiger partial charge is 0.493 e. The number of methoxy groups -OCH3 is 4. The van der Waals surface area contributed by atoms with Gasteiger partial charge in [-0.25, -0.2) is 19.5 Å². The van der Waals surface area contributed by atoms with Gasteiger partial charge in [0.15, 0.2) is 40.7 Å². The van der Waals surface area contributed by atoms with Gasteiger partial charge in [0, 0.05) is 18.0 Å². The summed E-state index contributed by atoms with van der Waals surface area (Å²) in [4.78, 5) is 33.8. The van der Waals surface area contributed by atoms with E-state index in [0.717, 1.165) is 22.0 Å². The van der Waals surface area contributed by atoms with Gasteiger partial charge in [-0.1, -0.05) is 6.07 Å². The number of phosphoric ester groups is 1. The van der Waals surface area contributed by atoms with Gasteiger partial charge in [0.05, 0.1) is 47.1 Å². The van der Waals surface area contributed by atoms with Crippen molar-refractivity contribution >= 4 is 35.6 Å². The molecule has 1 aliphatic rings. The molecule has 18 heteroatoms. The van der Waals surface area contributed by atoms with Crippen molar-refractivity contribution in [3.05, 3.63) is 66.5 Å². The van der Waals surface area contributed by atoms with Gasteiger partial charge in [0.2, 0.25) is 0 Å². The van der Waals surface area contributed by atoms with E-state index < -0.39 is 39.0 Å². The fourth-order valence-electron chi connectivity index (χ4n) is 5.21. The lowest BCUT2D eigenvalue weighted by Gasteiger charge is -2.16. The summed E-state index contributed by atoms with van der Waals surface area (Å²) in [6.07, 6.45) is -0.00625. The van der Waals surface area contributed by atoms with Crippen LogP contribution in [0.4, 0.5) is 5.82 Å². The van der Waals surface area contributed by atoms with Crippen LogP contribution < -0.4 is 24.7 Å². The Morgan fingerprint density at radius 3 is 2.25 bits per heavy atom. The molecule has 0 bridgehead atoms. The zero-order chi connectivity index (χ0) is 34.6. The summed E-state index contributed by atoms with van der Waals surface area (Å²) in [7, 11) is 1.81. The van der Waals surface area contributed by atoms with E-state index in [9.17, 15) is 14.8 Å². The average Bonchev–Trinajstić information content (AvgIpc) is 3.63. The highest BCUT2D eigenvalue weighted by molar-refractivity contribution is 7.46. The van der Waals surface area contributed by atoms with Crippen LogP contribution in [-0.4, -0.2) is 97.9 Å². The SMILES string of the molecule is COc1ccc(Cc2nccc3cc(OC)c(OC)cc23)cc1OC.Nc1ncnc2c1ncn2C1O[C@H](COP(=O)(O)O)[C@@H](O)[C@H]1O. The number of aliphatic hydroxyl groups excluding tert-OH is 2. The minimum absolute atomic E-state index is 0.142. The molecule has 3 aromatic heterocycles. The molecule has 0 amide bonds. The molecule has 4 heterocycles. The number of hydrogen-bond donors (Lipinski definition) is 5. The number of nitrogens with two attached hydrogens (primary N) is 1. The van der Waals surface area contributed by atoms with Crippen LogP contribution in [-0.2, 0) is 20.2 Å². The summed E-state index contributed by atoms with van der Waals surface area (Å²) in [6, 6.07) is 11.8. The molecule has 17 nitrogen and oxygen atoms in total. The fraction of sp³-hybridized carbons (Fsp3) is 0.333. The average molecular weight is 687 g/mol. The third-order valence-electron chi connectivity index (χ3n) is 7.58. The van der Waals surface area contributed by atoms with Crippen LogP contribution in [0.15, 0.2) is 55.2 Å². The van der Waals surface area contributed by atoms with Crippen LogP contribution >= 0.6 is 7.82 Å². The predicted octanol–water partition coefficient (Wildman–Crippen LogP) is 2.00. The number of imidazole rings is 1. The Kier molecular flexibility index (Phi) is 10.6. The first-order valence-corrected chi connectivity index (χ1v) is 15.9. The number of nitrogen functional groups attached to an aromatic ring is 1. The third-order valence-corrected chi connectivity index (χ3v) is 8.06. The fourth-order valence-corrected chi connectivity index (χ4v) is 5.55. The van der Waals surface area contributed by atoms with Crippen LogP contribution in [0.5, 0.6) is 23.0 Å². The highest BCUT2D eigenvalue weighted by Gasteiger charge is 2.45. The van der Waals surface area contributed by atoms with Gasteiger partial charge in [0.25, 0.3) is 0 Å². The van der Waals surface area contributed by atoms with Crippen molar-refractivity contribution in [2.45, 2.75) is 31.0 Å². The highest BCUT2D eigenvalue weighted by atomic mass is 31.2. The van der Waals surface area contributed by atoms with Crippen LogP contribution in [0.3, 0.4) is 0 Å². The molecule has 4 atom stereocenters. The zero-order valence-electron chi connectivity index (χ0n) is 26.3. The Balaban J connectivity index is 0.000000188. The lowest BCUT2D eigenvalue weighted by Crippen LogP contribution is -2.33. The first-order chi connectivity index (χ1) is 23.0. The summed E-state index contributed by atoms with van der Waals surface area (Å²) in [5.74, 6) is 2.96. The number of phosphoric acid groups is 1. The van der Waals surface area contributed by atoms with Crippen molar-refractivity contribution in [3.8, 4) is 23.0 Å². The van der Waals surface area contributed by atoms with Crippen molar-refractivity contribution in [2.24, 2.45) is 0 Å². The summed E-state index contributed by atoms with van der Waals surface area (Å²) in [5, 5.41) is 22.2. The molecule has 0 spiro atoms. The molecule has 0 saturated carbocycles. The van der Waals surface area contributed by atoms with Crippen molar-refractivity contribution < 1.29 is 52.8 Å². The van der Waals surface area contributed by atoms with Gasteiger partial charge in [-0.3, -0.25) is 14.1 Å². The van der Waals surface area contributed by atoms with E-state index >= 15 is 0 Å². The Bertz CT molecular complexity index is 1940. The molecule has 1 fully saturated rings. The highest BCUT2D eigenvalue weighted by Crippen LogP contribution is 2.39. The second kappa shape index (κ2) is 14.7. The standard InChI is InChI=1S/C20H21NO4.C10H14N5O7P/c1-22-17-6-5-13(10-18(17)23-2)9-16-15-12-20(25-4)19(24-3)11-14(15)7-8-21-16;11-8-5-9(13-2-12-8)15(3-14-5)10-7(17)6(16)4(22-10)1-21-23(18,19)20/h5-8,10-12H,9H2,1-4H3;2-4,6-7,10,16-17H,1H2,(H2,11,12,13)(H2,18,19,20)/t;4-,6-,7-,10?/m.1/s1. The second-order valence-electron chi connectivity index (χ2n) is 10.5. The van der Waals surface area contributed by atoms with E-state index in [2.05, 4.69) is 24.5 Å². The molecule has 1 aliphatic heterocycles. The number of rotatable bonds is 10. The smallest absolute Gasteiger partial charge is 0.469 e. The molecule has 6 rings (SSSR count). The molecule has 48 heavy (non-hydrogen) atoms. The van der Waals surface area contributed by atoms with Crippen molar-refractivity contribution in [3.63, 3.8) is 0 Å². The van der Waals surface area contributed by atoms with Crippen LogP contribution in [0.25, 0.3) is 21.9 Å². The third kappa shape index (κ3) is 7.42. The number of aliphatic hydroxyl groups is 2. The first kappa shape index (κ1) is 34.7. The van der Waals surface area contributed by atoms with E-state index in [1.54, 1.807) is 28.4 Å². The molecule has 2 aromatic carbocycles. The number of aromatic nitrogens is 5. The minimum atomic E-state index is -4.72. The zero-order valence-corrected chi connectivity index (χ0v) is 27.2. The summed E-state index contributed by atoms with van der Waals surface area (Å²) < 4.78 is 43.3. The maximum atomic E-state index is 10.7. The number of pyridine rings is 1.